The smallest absolute Gasteiger partial charge is 0.154 e. The molecule has 0 unspecified atom stereocenters. The van der Waals surface area contributed by atoms with Crippen molar-refractivity contribution in [3.63, 3.8) is 0 Å². The highest BCUT2D eigenvalue weighted by Gasteiger charge is 1.96. The molecule has 7 nitrogen and oxygen atoms in total. The Morgan fingerprint density at radius 1 is 0.850 bits per heavy atom. The van der Waals surface area contributed by atoms with Gasteiger partial charge in [-0.15, -0.1) is 20.4 Å². The highest BCUT2D eigenvalue weighted by molar-refractivity contribution is 6.31. The molecular formula is C10H15Cl3N6O. The van der Waals surface area contributed by atoms with E-state index in [1.807, 2.05) is 13.8 Å². The lowest BCUT2D eigenvalue weighted by Gasteiger charge is -1.93. The highest BCUT2D eigenvalue weighted by atomic mass is 35.5. The number of rotatable bonds is 0. The van der Waals surface area contributed by atoms with Gasteiger partial charge in [-0.25, -0.2) is 0 Å². The second-order valence-corrected chi connectivity index (χ2v) is 4.49. The van der Waals surface area contributed by atoms with Gasteiger partial charge < -0.3 is 17.4 Å². The minimum absolute atomic E-state index is 0. The van der Waals surface area contributed by atoms with Crippen LogP contribution >= 0.6 is 34.8 Å². The fourth-order valence-corrected chi connectivity index (χ4v) is 1.31. The van der Waals surface area contributed by atoms with Gasteiger partial charge in [0.15, 0.2) is 15.5 Å². The van der Waals surface area contributed by atoms with Crippen molar-refractivity contribution in [2.75, 3.05) is 5.73 Å². The Bertz CT molecular complexity index is 505. The summed E-state index contributed by atoms with van der Waals surface area (Å²) in [5, 5.41) is 15.4. The second kappa shape index (κ2) is 9.62. The summed E-state index contributed by atoms with van der Waals surface area (Å²) in [5.74, 6) is 0.400. The van der Waals surface area contributed by atoms with Crippen LogP contribution in [0, 0.1) is 13.8 Å². The first-order valence-electron chi connectivity index (χ1n) is 4.80. The van der Waals surface area contributed by atoms with Crippen LogP contribution in [0.4, 0.5) is 5.82 Å². The fraction of sp³-hybridized carbons (Fsp3) is 0.200. The highest BCUT2D eigenvalue weighted by Crippen LogP contribution is 2.12. The number of nitrogens with two attached hydrogens (primary N) is 1. The van der Waals surface area contributed by atoms with Crippen LogP contribution in [0.1, 0.15) is 11.1 Å². The minimum Gasteiger partial charge on any atom is -0.412 e. The SMILES string of the molecule is Cc1cc(Cl)nnc1Cl.Cc1cc(N)nnc1Cl.N.O. The van der Waals surface area contributed by atoms with Gasteiger partial charge in [-0.05, 0) is 37.1 Å². The quantitative estimate of drug-likeness (QED) is 0.752. The molecule has 112 valence electrons. The topological polar surface area (TPSA) is 144 Å². The molecule has 2 heterocycles. The van der Waals surface area contributed by atoms with Gasteiger partial charge in [-0.1, -0.05) is 34.8 Å². The molecule has 7 N–H and O–H groups in total. The molecule has 10 heteroatoms. The average Bonchev–Trinajstić information content (AvgIpc) is 2.30. The Labute approximate surface area is 131 Å². The maximum atomic E-state index is 5.55. The Balaban J connectivity index is 0. The average molecular weight is 342 g/mol. The van der Waals surface area contributed by atoms with E-state index < -0.39 is 0 Å². The summed E-state index contributed by atoms with van der Waals surface area (Å²) in [6, 6.07) is 3.34. The molecule has 0 saturated heterocycles. The summed E-state index contributed by atoms with van der Waals surface area (Å²) in [7, 11) is 0. The summed E-state index contributed by atoms with van der Waals surface area (Å²) in [6.45, 7) is 3.65. The van der Waals surface area contributed by atoms with E-state index >= 15 is 0 Å². The van der Waals surface area contributed by atoms with Crippen LogP contribution in [-0.4, -0.2) is 25.9 Å². The monoisotopic (exact) mass is 340 g/mol. The molecule has 2 aromatic rings. The van der Waals surface area contributed by atoms with E-state index in [1.54, 1.807) is 12.1 Å². The molecule has 0 saturated carbocycles. The Morgan fingerprint density at radius 2 is 1.30 bits per heavy atom. The van der Waals surface area contributed by atoms with Crippen molar-refractivity contribution >= 4 is 40.6 Å². The third kappa shape index (κ3) is 6.78. The number of aryl methyl sites for hydroxylation is 2. The van der Waals surface area contributed by atoms with E-state index in [0.29, 0.717) is 21.3 Å². The predicted octanol–water partition coefficient (Wildman–Crippen LogP) is 2.45. The van der Waals surface area contributed by atoms with Crippen LogP contribution < -0.4 is 11.9 Å². The van der Waals surface area contributed by atoms with Gasteiger partial charge in [-0.3, -0.25) is 0 Å². The van der Waals surface area contributed by atoms with Gasteiger partial charge in [0.2, 0.25) is 0 Å². The zero-order valence-corrected chi connectivity index (χ0v) is 13.1. The first-order chi connectivity index (χ1) is 8.40. The Kier molecular flexibility index (Phi) is 10.1. The number of anilines is 1. The lowest BCUT2D eigenvalue weighted by molar-refractivity contribution is 0.824. The maximum Gasteiger partial charge on any atom is 0.154 e. The van der Waals surface area contributed by atoms with Crippen LogP contribution in [0.15, 0.2) is 12.1 Å². The number of nitrogen functional groups attached to an aromatic ring is 1. The van der Waals surface area contributed by atoms with E-state index in [1.165, 1.54) is 0 Å². The first kappa shape index (κ1) is 21.1. The van der Waals surface area contributed by atoms with E-state index in [9.17, 15) is 0 Å². The number of aromatic nitrogens is 4. The molecule has 0 aliphatic rings. The summed E-state index contributed by atoms with van der Waals surface area (Å²) in [5.41, 5.74) is 6.99. The summed E-state index contributed by atoms with van der Waals surface area (Å²) in [6.07, 6.45) is 0. The molecule has 20 heavy (non-hydrogen) atoms. The Hall–Kier alpha value is -1.25. The van der Waals surface area contributed by atoms with Crippen molar-refractivity contribution in [1.29, 1.82) is 0 Å². The number of hydrogen-bond donors (Lipinski definition) is 2. The van der Waals surface area contributed by atoms with Gasteiger partial charge in [0.05, 0.1) is 0 Å². The fourth-order valence-electron chi connectivity index (χ4n) is 0.928. The van der Waals surface area contributed by atoms with Crippen molar-refractivity contribution in [2.24, 2.45) is 0 Å². The van der Waals surface area contributed by atoms with E-state index in [2.05, 4.69) is 20.4 Å². The predicted molar refractivity (Wildman–Crippen MR) is 81.6 cm³/mol. The van der Waals surface area contributed by atoms with Gasteiger partial charge in [0.1, 0.15) is 5.82 Å². The van der Waals surface area contributed by atoms with Gasteiger partial charge in [-0.2, -0.15) is 0 Å². The third-order valence-corrected chi connectivity index (χ3v) is 2.77. The van der Waals surface area contributed by atoms with Crippen molar-refractivity contribution < 1.29 is 5.48 Å². The van der Waals surface area contributed by atoms with Crippen LogP contribution in [0.25, 0.3) is 0 Å². The summed E-state index contributed by atoms with van der Waals surface area (Å²) < 4.78 is 0. The van der Waals surface area contributed by atoms with Gasteiger partial charge >= 0.3 is 0 Å². The molecule has 2 rings (SSSR count). The van der Waals surface area contributed by atoms with E-state index in [4.69, 9.17) is 40.5 Å². The molecule has 0 spiro atoms. The second-order valence-electron chi connectivity index (χ2n) is 3.38. The summed E-state index contributed by atoms with van der Waals surface area (Å²) in [4.78, 5) is 0. The molecule has 0 atom stereocenters. The number of nitrogens with zero attached hydrogens (tertiary/aromatic N) is 4. The van der Waals surface area contributed by atoms with Crippen molar-refractivity contribution in [3.05, 3.63) is 38.7 Å². The molecule has 0 radical (unpaired) electrons. The molecule has 2 aromatic heterocycles. The molecule has 0 fully saturated rings. The number of halogens is 3. The zero-order valence-electron chi connectivity index (χ0n) is 10.9. The number of hydrogen-bond acceptors (Lipinski definition) is 6. The van der Waals surface area contributed by atoms with Crippen LogP contribution in [-0.2, 0) is 0 Å². The van der Waals surface area contributed by atoms with Crippen LogP contribution in [0.2, 0.25) is 15.5 Å². The lowest BCUT2D eigenvalue weighted by Crippen LogP contribution is -1.93. The third-order valence-electron chi connectivity index (χ3n) is 1.84. The molecule has 0 aliphatic carbocycles. The van der Waals surface area contributed by atoms with Crippen LogP contribution in [0.3, 0.4) is 0 Å². The largest absolute Gasteiger partial charge is 0.412 e. The molecular weight excluding hydrogens is 327 g/mol. The lowest BCUT2D eigenvalue weighted by atomic mass is 10.3. The van der Waals surface area contributed by atoms with Crippen molar-refractivity contribution in [1.82, 2.24) is 26.5 Å². The standard InChI is InChI=1S/C5H4Cl2N2.C5H6ClN3.H3N.H2O/c1-3-2-4(6)8-9-5(3)7;1-3-2-4(7)8-9-5(3)6;;/h2H,1H3;2H,1H3,(H2,7,8);1H3;1H2. The van der Waals surface area contributed by atoms with E-state index in [-0.39, 0.29) is 11.6 Å². The maximum absolute atomic E-state index is 5.55. The van der Waals surface area contributed by atoms with Crippen molar-refractivity contribution in [3.8, 4) is 0 Å². The van der Waals surface area contributed by atoms with Gasteiger partial charge in [0.25, 0.3) is 0 Å². The molecule has 0 bridgehead atoms. The zero-order chi connectivity index (χ0) is 13.7. The first-order valence-corrected chi connectivity index (χ1v) is 5.94. The Morgan fingerprint density at radius 3 is 1.65 bits per heavy atom. The van der Waals surface area contributed by atoms with E-state index in [0.717, 1.165) is 11.1 Å². The summed E-state index contributed by atoms with van der Waals surface area (Å²) >= 11 is 16.6. The molecule has 0 aliphatic heterocycles. The van der Waals surface area contributed by atoms with Crippen LogP contribution in [0.5, 0.6) is 0 Å². The normalized spacial score (nSPS) is 8.65. The minimum atomic E-state index is 0. The van der Waals surface area contributed by atoms with Gasteiger partial charge in [0, 0.05) is 0 Å². The molecule has 0 amide bonds. The van der Waals surface area contributed by atoms with Crippen molar-refractivity contribution in [2.45, 2.75) is 13.8 Å². The molecule has 0 aromatic carbocycles.